The second-order valence-electron chi connectivity index (χ2n) is 5.07. The Bertz CT molecular complexity index is 575. The number of fused-ring (bicyclic) bond motifs is 1. The molecule has 1 aromatic rings. The largest absolute Gasteiger partial charge is 0.304 e. The average Bonchev–Trinajstić information content (AvgIpc) is 2.54. The third-order valence-corrected chi connectivity index (χ3v) is 3.31. The van der Waals surface area contributed by atoms with Gasteiger partial charge in [0.05, 0.1) is 11.3 Å². The van der Waals surface area contributed by atoms with Crippen molar-refractivity contribution in [1.29, 1.82) is 0 Å². The molecule has 19 heavy (non-hydrogen) atoms. The van der Waals surface area contributed by atoms with Gasteiger partial charge in [0.1, 0.15) is 5.78 Å². The second kappa shape index (κ2) is 4.96. The van der Waals surface area contributed by atoms with Gasteiger partial charge in [0.15, 0.2) is 0 Å². The van der Waals surface area contributed by atoms with Gasteiger partial charge in [-0.2, -0.15) is 0 Å². The zero-order chi connectivity index (χ0) is 14.2. The Balaban J connectivity index is 2.31. The summed E-state index contributed by atoms with van der Waals surface area (Å²) in [5.74, 6) is -0.823. The number of nitrogens with zero attached hydrogens (tertiary/aromatic N) is 1. The van der Waals surface area contributed by atoms with Gasteiger partial charge in [-0.3, -0.25) is 9.59 Å². The zero-order valence-electron chi connectivity index (χ0n) is 11.4. The highest BCUT2D eigenvalue weighted by molar-refractivity contribution is 6.52. The molecular formula is C15H17NO3. The van der Waals surface area contributed by atoms with Crippen LogP contribution in [0.2, 0.25) is 0 Å². The SMILES string of the molecule is CC(=O)CCCN1C(=O)C(=O)c2cc(C)cc(C)c21. The van der Waals surface area contributed by atoms with Crippen molar-refractivity contribution in [1.82, 2.24) is 0 Å². The van der Waals surface area contributed by atoms with Crippen LogP contribution in [0.5, 0.6) is 0 Å². The number of carbonyl (C=O) groups is 3. The lowest BCUT2D eigenvalue weighted by atomic mass is 10.0. The van der Waals surface area contributed by atoms with Crippen LogP contribution in [0.3, 0.4) is 0 Å². The van der Waals surface area contributed by atoms with Crippen molar-refractivity contribution in [2.45, 2.75) is 33.6 Å². The summed E-state index contributed by atoms with van der Waals surface area (Å²) in [5, 5.41) is 0. The lowest BCUT2D eigenvalue weighted by Gasteiger charge is -2.18. The minimum Gasteiger partial charge on any atom is -0.304 e. The number of amides is 1. The molecule has 1 heterocycles. The Morgan fingerprint density at radius 2 is 1.89 bits per heavy atom. The van der Waals surface area contributed by atoms with Crippen molar-refractivity contribution in [3.63, 3.8) is 0 Å². The van der Waals surface area contributed by atoms with Crippen LogP contribution >= 0.6 is 0 Å². The molecule has 4 nitrogen and oxygen atoms in total. The van der Waals surface area contributed by atoms with Gasteiger partial charge in [-0.1, -0.05) is 6.07 Å². The molecule has 0 saturated heterocycles. The molecule has 100 valence electrons. The number of aryl methyl sites for hydroxylation is 2. The summed E-state index contributed by atoms with van der Waals surface area (Å²) in [6, 6.07) is 3.72. The molecule has 0 aromatic heterocycles. The molecule has 0 saturated carbocycles. The maximum absolute atomic E-state index is 12.0. The van der Waals surface area contributed by atoms with Crippen molar-refractivity contribution in [2.75, 3.05) is 11.4 Å². The van der Waals surface area contributed by atoms with E-state index in [-0.39, 0.29) is 5.78 Å². The Morgan fingerprint density at radius 1 is 1.21 bits per heavy atom. The van der Waals surface area contributed by atoms with E-state index >= 15 is 0 Å². The molecule has 0 spiro atoms. The number of anilines is 1. The number of benzene rings is 1. The Hall–Kier alpha value is -1.97. The van der Waals surface area contributed by atoms with Crippen LogP contribution in [0.4, 0.5) is 5.69 Å². The third kappa shape index (κ3) is 2.43. The summed E-state index contributed by atoms with van der Waals surface area (Å²) in [6.45, 7) is 5.75. The van der Waals surface area contributed by atoms with Gasteiger partial charge >= 0.3 is 0 Å². The first-order valence-electron chi connectivity index (χ1n) is 6.38. The molecule has 1 amide bonds. The van der Waals surface area contributed by atoms with Gasteiger partial charge < -0.3 is 9.69 Å². The topological polar surface area (TPSA) is 54.5 Å². The summed E-state index contributed by atoms with van der Waals surface area (Å²) in [7, 11) is 0. The molecule has 0 radical (unpaired) electrons. The number of carbonyl (C=O) groups excluding carboxylic acids is 3. The van der Waals surface area contributed by atoms with E-state index in [2.05, 4.69) is 0 Å². The van der Waals surface area contributed by atoms with Crippen LogP contribution in [0.15, 0.2) is 12.1 Å². The zero-order valence-corrected chi connectivity index (χ0v) is 11.4. The van der Waals surface area contributed by atoms with Gasteiger partial charge in [-0.05, 0) is 44.4 Å². The Labute approximate surface area is 112 Å². The first kappa shape index (κ1) is 13.5. The summed E-state index contributed by atoms with van der Waals surface area (Å²) in [6.07, 6.45) is 1.01. The minimum absolute atomic E-state index is 0.0961. The van der Waals surface area contributed by atoms with E-state index in [1.807, 2.05) is 19.9 Å². The average molecular weight is 259 g/mol. The molecule has 2 rings (SSSR count). The minimum atomic E-state index is -0.479. The molecular weight excluding hydrogens is 242 g/mol. The van der Waals surface area contributed by atoms with Gasteiger partial charge in [-0.15, -0.1) is 0 Å². The maximum Gasteiger partial charge on any atom is 0.299 e. The fourth-order valence-electron chi connectivity index (χ4n) is 2.53. The van der Waals surface area contributed by atoms with Crippen LogP contribution in [0.1, 0.15) is 41.3 Å². The van der Waals surface area contributed by atoms with Crippen molar-refractivity contribution in [3.05, 3.63) is 28.8 Å². The maximum atomic E-state index is 12.0. The lowest BCUT2D eigenvalue weighted by Crippen LogP contribution is -2.31. The molecule has 1 aliphatic rings. The first-order chi connectivity index (χ1) is 8.91. The van der Waals surface area contributed by atoms with Crippen LogP contribution in [-0.2, 0) is 9.59 Å². The molecule has 0 atom stereocenters. The van der Waals surface area contributed by atoms with E-state index in [4.69, 9.17) is 0 Å². The third-order valence-electron chi connectivity index (χ3n) is 3.31. The van der Waals surface area contributed by atoms with Gasteiger partial charge in [0.2, 0.25) is 0 Å². The van der Waals surface area contributed by atoms with Crippen LogP contribution in [0.25, 0.3) is 0 Å². The van der Waals surface area contributed by atoms with Crippen molar-refractivity contribution in [2.24, 2.45) is 0 Å². The summed E-state index contributed by atoms with van der Waals surface area (Å²) in [4.78, 5) is 36.4. The molecule has 0 fully saturated rings. The predicted molar refractivity (Wildman–Crippen MR) is 72.5 cm³/mol. The van der Waals surface area contributed by atoms with E-state index in [9.17, 15) is 14.4 Å². The monoisotopic (exact) mass is 259 g/mol. The smallest absolute Gasteiger partial charge is 0.299 e. The predicted octanol–water partition coefficient (Wildman–Crippen LogP) is 2.20. The van der Waals surface area contributed by atoms with Gasteiger partial charge in [-0.25, -0.2) is 0 Å². The normalized spacial score (nSPS) is 13.9. The molecule has 1 aromatic carbocycles. The summed E-state index contributed by atoms with van der Waals surface area (Å²) >= 11 is 0. The van der Waals surface area contributed by atoms with Crippen molar-refractivity contribution in [3.8, 4) is 0 Å². The van der Waals surface area contributed by atoms with E-state index < -0.39 is 11.7 Å². The Kier molecular flexibility index (Phi) is 3.51. The van der Waals surface area contributed by atoms with E-state index in [1.165, 1.54) is 11.8 Å². The van der Waals surface area contributed by atoms with Gasteiger partial charge in [0.25, 0.3) is 11.7 Å². The fourth-order valence-corrected chi connectivity index (χ4v) is 2.53. The van der Waals surface area contributed by atoms with E-state index in [1.54, 1.807) is 6.07 Å². The van der Waals surface area contributed by atoms with E-state index in [0.717, 1.165) is 11.1 Å². The van der Waals surface area contributed by atoms with Crippen LogP contribution in [0, 0.1) is 13.8 Å². The number of Topliss-reactive ketones (excluding diaryl/α,β-unsaturated/α-hetero) is 2. The van der Waals surface area contributed by atoms with E-state index in [0.29, 0.717) is 30.6 Å². The highest BCUT2D eigenvalue weighted by atomic mass is 16.2. The number of rotatable bonds is 4. The number of hydrogen-bond acceptors (Lipinski definition) is 3. The summed E-state index contributed by atoms with van der Waals surface area (Å²) in [5.41, 5.74) is 3.11. The lowest BCUT2D eigenvalue weighted by molar-refractivity contribution is -0.117. The fraction of sp³-hybridized carbons (Fsp3) is 0.400. The highest BCUT2D eigenvalue weighted by Gasteiger charge is 2.36. The molecule has 4 heteroatoms. The Morgan fingerprint density at radius 3 is 2.53 bits per heavy atom. The molecule has 0 N–H and O–H groups in total. The number of ketones is 2. The molecule has 0 aliphatic carbocycles. The first-order valence-corrected chi connectivity index (χ1v) is 6.38. The van der Waals surface area contributed by atoms with Crippen LogP contribution in [-0.4, -0.2) is 24.0 Å². The second-order valence-corrected chi connectivity index (χ2v) is 5.07. The quantitative estimate of drug-likeness (QED) is 0.779. The molecule has 1 aliphatic heterocycles. The summed E-state index contributed by atoms with van der Waals surface area (Å²) < 4.78 is 0. The van der Waals surface area contributed by atoms with Crippen molar-refractivity contribution < 1.29 is 14.4 Å². The van der Waals surface area contributed by atoms with Crippen LogP contribution < -0.4 is 4.90 Å². The van der Waals surface area contributed by atoms with Gasteiger partial charge in [0, 0.05) is 13.0 Å². The molecule has 0 bridgehead atoms. The molecule has 0 unspecified atom stereocenters. The van der Waals surface area contributed by atoms with Crippen molar-refractivity contribution >= 4 is 23.2 Å². The highest BCUT2D eigenvalue weighted by Crippen LogP contribution is 2.33. The standard InChI is InChI=1S/C15H17NO3/c1-9-7-10(2)13-12(8-9)14(18)15(19)16(13)6-4-5-11(3)17/h7-8H,4-6H2,1-3H3. The number of hydrogen-bond donors (Lipinski definition) is 0.